The first-order valence-electron chi connectivity index (χ1n) is 6.23. The van der Waals surface area contributed by atoms with Crippen molar-refractivity contribution in [1.29, 1.82) is 0 Å². The lowest BCUT2D eigenvalue weighted by Gasteiger charge is -2.18. The Morgan fingerprint density at radius 3 is 1.81 bits per heavy atom. The second-order valence-corrected chi connectivity index (χ2v) is 4.49. The molecular weight excluding hydrogens is 281 g/mol. The Hall–Kier alpha value is -2.05. The summed E-state index contributed by atoms with van der Waals surface area (Å²) in [6, 6.07) is 11.7. The molecule has 0 saturated heterocycles. The predicted molar refractivity (Wildman–Crippen MR) is 73.6 cm³/mol. The summed E-state index contributed by atoms with van der Waals surface area (Å²) in [5, 5.41) is 0. The molecule has 0 saturated carbocycles. The molecule has 0 amide bonds. The van der Waals surface area contributed by atoms with Gasteiger partial charge >= 0.3 is 6.18 Å². The maximum absolute atomic E-state index is 12.6. The molecule has 2 rings (SSSR count). The summed E-state index contributed by atoms with van der Waals surface area (Å²) in [4.78, 5) is 0. The first-order chi connectivity index (χ1) is 9.95. The number of hydrogen-bond acceptors (Lipinski definition) is 3. The van der Waals surface area contributed by atoms with Crippen LogP contribution in [0.25, 0.3) is 0 Å². The Morgan fingerprint density at radius 1 is 0.952 bits per heavy atom. The smallest absolute Gasteiger partial charge is 0.416 e. The number of methoxy groups -OCH3 is 1. The zero-order valence-electron chi connectivity index (χ0n) is 11.3. The summed E-state index contributed by atoms with van der Waals surface area (Å²) in [6.45, 7) is 0. The molecule has 0 radical (unpaired) electrons. The van der Waals surface area contributed by atoms with Crippen LogP contribution in [0.1, 0.15) is 22.7 Å². The van der Waals surface area contributed by atoms with E-state index in [9.17, 15) is 13.2 Å². The van der Waals surface area contributed by atoms with Crippen LogP contribution in [0.3, 0.4) is 0 Å². The van der Waals surface area contributed by atoms with Gasteiger partial charge in [0.15, 0.2) is 0 Å². The molecule has 1 unspecified atom stereocenters. The van der Waals surface area contributed by atoms with Gasteiger partial charge in [0.05, 0.1) is 18.7 Å². The highest BCUT2D eigenvalue weighted by Crippen LogP contribution is 2.31. The quantitative estimate of drug-likeness (QED) is 0.672. The van der Waals surface area contributed by atoms with Gasteiger partial charge in [0.25, 0.3) is 0 Å². The average molecular weight is 296 g/mol. The molecule has 0 aliphatic rings. The van der Waals surface area contributed by atoms with E-state index < -0.39 is 17.8 Å². The molecule has 0 aromatic heterocycles. The van der Waals surface area contributed by atoms with Crippen molar-refractivity contribution >= 4 is 0 Å². The van der Waals surface area contributed by atoms with Crippen LogP contribution in [-0.2, 0) is 6.18 Å². The number of halogens is 3. The average Bonchev–Trinajstić information content (AvgIpc) is 2.48. The van der Waals surface area contributed by atoms with Crippen LogP contribution >= 0.6 is 0 Å². The molecule has 2 aromatic carbocycles. The fraction of sp³-hybridized carbons (Fsp3) is 0.200. The maximum Gasteiger partial charge on any atom is 0.416 e. The van der Waals surface area contributed by atoms with Crippen LogP contribution in [-0.4, -0.2) is 7.11 Å². The topological polar surface area (TPSA) is 47.3 Å². The Morgan fingerprint density at radius 2 is 1.43 bits per heavy atom. The minimum absolute atomic E-state index is 0.391. The van der Waals surface area contributed by atoms with E-state index in [2.05, 4.69) is 5.43 Å². The molecule has 0 fully saturated rings. The van der Waals surface area contributed by atoms with Gasteiger partial charge in [-0.25, -0.2) is 5.43 Å². The van der Waals surface area contributed by atoms with Gasteiger partial charge in [-0.1, -0.05) is 24.3 Å². The van der Waals surface area contributed by atoms with Gasteiger partial charge in [0, 0.05) is 0 Å². The van der Waals surface area contributed by atoms with Crippen molar-refractivity contribution < 1.29 is 17.9 Å². The summed E-state index contributed by atoms with van der Waals surface area (Å²) in [7, 11) is 1.56. The van der Waals surface area contributed by atoms with Gasteiger partial charge < -0.3 is 4.74 Å². The summed E-state index contributed by atoms with van der Waals surface area (Å²) in [5.74, 6) is 6.22. The van der Waals surface area contributed by atoms with Gasteiger partial charge in [-0.05, 0) is 35.4 Å². The Labute approximate surface area is 120 Å². The fourth-order valence-corrected chi connectivity index (χ4v) is 2.05. The molecule has 0 aliphatic carbocycles. The van der Waals surface area contributed by atoms with E-state index in [1.807, 2.05) is 0 Å². The number of rotatable bonds is 4. The van der Waals surface area contributed by atoms with Crippen LogP contribution < -0.4 is 16.0 Å². The third-order valence-electron chi connectivity index (χ3n) is 3.19. The van der Waals surface area contributed by atoms with E-state index in [4.69, 9.17) is 10.6 Å². The molecular formula is C15H15F3N2O. The van der Waals surface area contributed by atoms with Crippen LogP contribution in [0, 0.1) is 0 Å². The second kappa shape index (κ2) is 6.15. The van der Waals surface area contributed by atoms with Crippen LogP contribution in [0.5, 0.6) is 5.75 Å². The molecule has 112 valence electrons. The molecule has 3 N–H and O–H groups in total. The molecule has 6 heteroatoms. The fourth-order valence-electron chi connectivity index (χ4n) is 2.05. The van der Waals surface area contributed by atoms with Gasteiger partial charge in [0.1, 0.15) is 5.75 Å². The second-order valence-electron chi connectivity index (χ2n) is 4.49. The van der Waals surface area contributed by atoms with Crippen molar-refractivity contribution in [3.05, 3.63) is 65.2 Å². The molecule has 21 heavy (non-hydrogen) atoms. The molecule has 3 nitrogen and oxygen atoms in total. The van der Waals surface area contributed by atoms with Gasteiger partial charge in [-0.2, -0.15) is 13.2 Å². The standard InChI is InChI=1S/C15H15F3N2O/c1-21-13-8-4-11(5-9-13)14(20-19)10-2-6-12(7-3-10)15(16,17)18/h2-9,14,20H,19H2,1H3. The lowest BCUT2D eigenvalue weighted by Crippen LogP contribution is -2.28. The largest absolute Gasteiger partial charge is 0.497 e. The highest BCUT2D eigenvalue weighted by molar-refractivity contribution is 5.36. The van der Waals surface area contributed by atoms with Crippen LogP contribution in [0.2, 0.25) is 0 Å². The first kappa shape index (κ1) is 15.3. The summed E-state index contributed by atoms with van der Waals surface area (Å²) in [5.41, 5.74) is 3.40. The number of benzene rings is 2. The minimum Gasteiger partial charge on any atom is -0.497 e. The van der Waals surface area contributed by atoms with Gasteiger partial charge in [-0.3, -0.25) is 5.84 Å². The summed E-state index contributed by atoms with van der Waals surface area (Å²) >= 11 is 0. The molecule has 0 spiro atoms. The number of ether oxygens (including phenoxy) is 1. The van der Waals surface area contributed by atoms with Crippen molar-refractivity contribution in [2.24, 2.45) is 5.84 Å². The lowest BCUT2D eigenvalue weighted by atomic mass is 9.98. The van der Waals surface area contributed by atoms with E-state index in [1.54, 1.807) is 31.4 Å². The zero-order valence-corrected chi connectivity index (χ0v) is 11.3. The van der Waals surface area contributed by atoms with Crippen molar-refractivity contribution in [3.8, 4) is 5.75 Å². The Kier molecular flexibility index (Phi) is 4.50. The van der Waals surface area contributed by atoms with Crippen molar-refractivity contribution in [2.45, 2.75) is 12.2 Å². The SMILES string of the molecule is COc1ccc(C(NN)c2ccc(C(F)(F)F)cc2)cc1. The third-order valence-corrected chi connectivity index (χ3v) is 3.19. The normalized spacial score (nSPS) is 13.0. The Bertz CT molecular complexity index is 579. The van der Waals surface area contributed by atoms with E-state index in [0.717, 1.165) is 17.7 Å². The molecule has 0 bridgehead atoms. The van der Waals surface area contributed by atoms with E-state index in [1.165, 1.54) is 12.1 Å². The number of alkyl halides is 3. The number of hydrazine groups is 1. The number of nitrogens with one attached hydrogen (secondary N) is 1. The van der Waals surface area contributed by atoms with Crippen molar-refractivity contribution in [2.75, 3.05) is 7.11 Å². The first-order valence-corrected chi connectivity index (χ1v) is 6.23. The molecule has 0 aliphatic heterocycles. The van der Waals surface area contributed by atoms with Crippen molar-refractivity contribution in [3.63, 3.8) is 0 Å². The molecule has 2 aromatic rings. The van der Waals surface area contributed by atoms with E-state index in [0.29, 0.717) is 11.3 Å². The third kappa shape index (κ3) is 3.53. The van der Waals surface area contributed by atoms with Crippen LogP contribution in [0.4, 0.5) is 13.2 Å². The van der Waals surface area contributed by atoms with E-state index in [-0.39, 0.29) is 0 Å². The summed E-state index contributed by atoms with van der Waals surface area (Å²) in [6.07, 6.45) is -4.34. The number of nitrogens with two attached hydrogens (primary N) is 1. The Balaban J connectivity index is 2.28. The maximum atomic E-state index is 12.6. The predicted octanol–water partition coefficient (Wildman–Crippen LogP) is 3.27. The number of hydrogen-bond donors (Lipinski definition) is 2. The molecule has 1 atom stereocenters. The van der Waals surface area contributed by atoms with Gasteiger partial charge in [-0.15, -0.1) is 0 Å². The monoisotopic (exact) mass is 296 g/mol. The highest BCUT2D eigenvalue weighted by Gasteiger charge is 2.30. The van der Waals surface area contributed by atoms with Crippen molar-refractivity contribution in [1.82, 2.24) is 5.43 Å². The molecule has 0 heterocycles. The summed E-state index contributed by atoms with van der Waals surface area (Å²) < 4.78 is 42.7. The highest BCUT2D eigenvalue weighted by atomic mass is 19.4. The van der Waals surface area contributed by atoms with E-state index >= 15 is 0 Å². The zero-order chi connectivity index (χ0) is 15.5. The van der Waals surface area contributed by atoms with Crippen LogP contribution in [0.15, 0.2) is 48.5 Å². The lowest BCUT2D eigenvalue weighted by molar-refractivity contribution is -0.137. The minimum atomic E-state index is -4.34. The van der Waals surface area contributed by atoms with Gasteiger partial charge in [0.2, 0.25) is 0 Å².